The quantitative estimate of drug-likeness (QED) is 0.0473. The largest absolute Gasteiger partial charge is 3.00 e. The molecule has 76 heavy (non-hydrogen) atoms. The van der Waals surface area contributed by atoms with E-state index in [1.165, 1.54) is 0 Å². The van der Waals surface area contributed by atoms with E-state index in [4.69, 9.17) is 30.6 Å². The van der Waals surface area contributed by atoms with Crippen molar-refractivity contribution in [3.05, 3.63) is 30.6 Å². The molecule has 0 aromatic heterocycles. The molecule has 44 nitrogen and oxygen atoms in total. The first-order valence-electron chi connectivity index (χ1n) is 16.1. The summed E-state index contributed by atoms with van der Waals surface area (Å²) in [5.74, 6) is -11.9. The summed E-state index contributed by atoms with van der Waals surface area (Å²) >= 11 is 0. The average Bonchev–Trinajstić information content (AvgIpc) is 3.01. The first-order valence-corrected chi connectivity index (χ1v) is 16.1. The van der Waals surface area contributed by atoms with Crippen molar-refractivity contribution in [2.75, 3.05) is 52.4 Å². The Hall–Kier alpha value is -2.95. The summed E-state index contributed by atoms with van der Waals surface area (Å²) in [4.78, 5) is 108. The number of nitrogens with zero attached hydrogens (tertiary/aromatic N) is 6. The number of carbonyl (C=O) groups is 8. The van der Waals surface area contributed by atoms with E-state index in [1.807, 2.05) is 0 Å². The second-order valence-electron chi connectivity index (χ2n) is 11.9. The average molecular weight is 1510 g/mol. The van der Waals surface area contributed by atoms with E-state index < -0.39 is 134 Å². The Labute approximate surface area is 513 Å². The van der Waals surface area contributed by atoms with Crippen LogP contribution in [0.3, 0.4) is 0 Å². The Morgan fingerprint density at radius 3 is 0.474 bits per heavy atom. The van der Waals surface area contributed by atoms with Crippen LogP contribution in [0.5, 0.6) is 0 Å². The zero-order valence-corrected chi connectivity index (χ0v) is 47.9. The van der Waals surface area contributed by atoms with E-state index in [9.17, 15) is 79.2 Å². The molecule has 0 aromatic rings. The molecule has 4 atom stereocenters. The van der Waals surface area contributed by atoms with Gasteiger partial charge in [-0.1, -0.05) is 25.7 Å². The second kappa shape index (κ2) is 80.9. The van der Waals surface area contributed by atoms with Crippen molar-refractivity contribution in [3.63, 3.8) is 0 Å². The van der Waals surface area contributed by atoms with Crippen molar-refractivity contribution in [1.29, 1.82) is 0 Å². The number of rotatable bonds is 20. The summed E-state index contributed by atoms with van der Waals surface area (Å²) < 4.78 is 0. The fourth-order valence-electron chi connectivity index (χ4n) is 6.38. The fourth-order valence-corrected chi connectivity index (χ4v) is 6.38. The third-order valence-corrected chi connectivity index (χ3v) is 7.92. The summed E-state index contributed by atoms with van der Waals surface area (Å²) in [5, 5.41) is 117. The molecule has 0 heterocycles. The van der Waals surface area contributed by atoms with E-state index in [0.29, 0.717) is 51.4 Å². The third kappa shape index (κ3) is 77.5. The van der Waals surface area contributed by atoms with Crippen LogP contribution in [-0.4, -0.2) is 198 Å². The van der Waals surface area contributed by atoms with E-state index >= 15 is 0 Å². The van der Waals surface area contributed by atoms with Crippen molar-refractivity contribution in [3.8, 4) is 0 Å². The molecule has 0 unspecified atom stereocenters. The van der Waals surface area contributed by atoms with Gasteiger partial charge in [-0.05, 0) is 25.7 Å². The Balaban J connectivity index is -0.0000000272. The molecular formula is C28H76N6Nd2Ni2O38+6. The van der Waals surface area contributed by atoms with Gasteiger partial charge in [-0.25, -0.2) is 0 Å². The van der Waals surface area contributed by atoms with Crippen LogP contribution >= 0.6 is 0 Å². The van der Waals surface area contributed by atoms with Gasteiger partial charge in [-0.15, -0.1) is 0 Å². The first-order chi connectivity index (χ1) is 25.9. The normalized spacial score (nSPS) is 13.8. The monoisotopic (exact) mass is 1500 g/mol. The maximum absolute atomic E-state index is 10.9. The predicted octanol–water partition coefficient (Wildman–Crippen LogP) is -26.7. The molecule has 0 aromatic carbocycles. The standard InChI is InChI=1S/2C14H22N2O8.2NO3.2Nd.2Ni.16H2O/c2*17-11(18)5-15(6-12(19)20)9-3-1-2-4-10(9)16(7-13(21)22)8-14(23)24;2*2-1(3)4;;;;;;;;;;;;;;;;;;;;/h2*9-10H,1-8H2,(H,17,18)(H,19,20)(H,21,22)(H,23,24);;;;;;;16*1H2/q;;2*-1;;+3;+2;+3;;;;;;;;;;;;;;;;/t2*9-,10-;;;;;;;;;;;;;;;;;;;;;;/m10....................../s1. The van der Waals surface area contributed by atoms with Crippen LogP contribution in [0.1, 0.15) is 51.4 Å². The molecule has 48 heteroatoms. The van der Waals surface area contributed by atoms with Crippen molar-refractivity contribution >= 4 is 47.8 Å². The molecule has 2 radical (unpaired) electrons. The molecule has 2 fully saturated rings. The molecule has 0 bridgehead atoms. The topological polar surface area (TPSA) is 982 Å². The van der Waals surface area contributed by atoms with Crippen molar-refractivity contribution in [2.24, 2.45) is 0 Å². The number of carboxylic acids is 8. The van der Waals surface area contributed by atoms with Gasteiger partial charge in [0.05, 0.1) is 57.9 Å². The number of carboxylic acid groups (broad SMARTS) is 8. The maximum atomic E-state index is 10.9. The number of carbonyl (C=O) groups excluding carboxylic acids is 8. The van der Waals surface area contributed by atoms with Crippen molar-refractivity contribution < 1.29 is 292 Å². The van der Waals surface area contributed by atoms with Crippen LogP contribution < -0.4 is 40.9 Å². The first kappa shape index (κ1) is 146. The molecule has 0 aliphatic heterocycles. The number of hydrogen-bond acceptors (Lipinski definition) is 26. The molecule has 0 spiro atoms. The van der Waals surface area contributed by atoms with Crippen molar-refractivity contribution in [2.45, 2.75) is 75.5 Å². The van der Waals surface area contributed by atoms with Gasteiger partial charge in [0.15, 0.2) is 0 Å². The van der Waals surface area contributed by atoms with E-state index in [0.717, 1.165) is 19.6 Å². The summed E-state index contributed by atoms with van der Waals surface area (Å²) in [6.45, 7) is -5.45. The molecule has 468 valence electrons. The van der Waals surface area contributed by atoms with Gasteiger partial charge in [0.1, 0.15) is 0 Å². The predicted molar refractivity (Wildman–Crippen MR) is 227 cm³/mol. The molecule has 2 saturated carbocycles. The van der Waals surface area contributed by atoms with Gasteiger partial charge >= 0.3 is 73.8 Å². The molecule has 2 aliphatic rings. The molecule has 0 amide bonds. The van der Waals surface area contributed by atoms with Crippen LogP contribution in [0.4, 0.5) is 0 Å². The maximum Gasteiger partial charge on any atom is 3.00 e. The van der Waals surface area contributed by atoms with E-state index in [1.54, 1.807) is 0 Å². The van der Waals surface area contributed by atoms with Gasteiger partial charge in [0.25, 0.3) is 0 Å². The molecule has 40 N–H and O–H groups in total. The van der Waals surface area contributed by atoms with Crippen LogP contribution in [-0.2, 0) is 115 Å². The van der Waals surface area contributed by atoms with Gasteiger partial charge in [0.2, 0.25) is 0 Å². The van der Waals surface area contributed by atoms with Crippen LogP contribution in [0.15, 0.2) is 0 Å². The molecule has 2 rings (SSSR count). The van der Waals surface area contributed by atoms with Gasteiger partial charge in [0, 0.05) is 117 Å². The Bertz CT molecular complexity index is 1150. The Kier molecular flexibility index (Phi) is 155. The molecule has 2 aliphatic carbocycles. The smallest absolute Gasteiger partial charge is 0.549 e. The van der Waals surface area contributed by atoms with E-state index in [-0.39, 0.29) is 202 Å². The van der Waals surface area contributed by atoms with Gasteiger partial charge in [-0.2, -0.15) is 0 Å². The summed E-state index contributed by atoms with van der Waals surface area (Å²) in [6.07, 6.45) is 4.24. The zero-order valence-electron chi connectivity index (χ0n) is 39.5. The van der Waals surface area contributed by atoms with Crippen molar-refractivity contribution in [1.82, 2.24) is 19.6 Å². The van der Waals surface area contributed by atoms with Crippen LogP contribution in [0, 0.1) is 112 Å². The third-order valence-electron chi connectivity index (χ3n) is 7.92. The molecular weight excluding hydrogens is 1430 g/mol. The Morgan fingerprint density at radius 2 is 0.408 bits per heavy atom. The van der Waals surface area contributed by atoms with Crippen LogP contribution in [0.25, 0.3) is 0 Å². The molecule has 0 saturated heterocycles. The summed E-state index contributed by atoms with van der Waals surface area (Å²) in [5.41, 5.74) is 0. The van der Waals surface area contributed by atoms with E-state index in [2.05, 4.69) is 0 Å². The minimum Gasteiger partial charge on any atom is -0.549 e. The number of hydrogen-bond donors (Lipinski definition) is 0. The van der Waals surface area contributed by atoms with Crippen LogP contribution in [0.2, 0.25) is 0 Å². The summed E-state index contributed by atoms with van der Waals surface area (Å²) in [7, 11) is 0. The number of aliphatic carboxylic acids is 8. The van der Waals surface area contributed by atoms with Gasteiger partial charge < -0.3 is 197 Å². The minimum absolute atomic E-state index is 0. The minimum atomic E-state index is -1.75. The summed E-state index contributed by atoms with van der Waals surface area (Å²) in [6, 6.07) is -2.64. The zero-order chi connectivity index (χ0) is 43.7. The Morgan fingerprint density at radius 1 is 0.329 bits per heavy atom. The van der Waals surface area contributed by atoms with Gasteiger partial charge in [-0.3, -0.25) is 19.6 Å². The fraction of sp³-hybridized carbons (Fsp3) is 0.714. The second-order valence-corrected chi connectivity index (χ2v) is 11.9. The SMILES string of the molecule is O.O.O.O.O.O.O.O.O=C([O-])CN(CC(=O)[O-])[C@@H]1CCCC[C@H]1N(CC(=O)[O-])CC(=O)[O-].O=C([O-])CN(CC(=O)[O-])[C@H]1CCCC[C@@H]1N(CC(=O)[O-])CC(=O)[O-].O=[N+]([O-])[O-].O=[N+]([O-])[O-].[Nd+3].[Nd].[Ni+2].[Ni+3].[OH3+].[OH3+].[OH3+].[OH3+].[OH3+].[OH3+].[OH3+].[OH3+].